The van der Waals surface area contributed by atoms with Crippen molar-refractivity contribution >= 4 is 17.3 Å². The van der Waals surface area contributed by atoms with Crippen molar-refractivity contribution in [3.8, 4) is 0 Å². The van der Waals surface area contributed by atoms with E-state index in [0.717, 1.165) is 23.7 Å². The van der Waals surface area contributed by atoms with Crippen molar-refractivity contribution in [1.29, 1.82) is 0 Å². The van der Waals surface area contributed by atoms with Crippen LogP contribution in [-0.4, -0.2) is 13.1 Å². The second-order valence-corrected chi connectivity index (χ2v) is 3.51. The molecule has 0 atom stereocenters. The van der Waals surface area contributed by atoms with Gasteiger partial charge < -0.3 is 4.90 Å². The minimum atomic E-state index is 0.851. The molecule has 0 aliphatic heterocycles. The van der Waals surface area contributed by atoms with Gasteiger partial charge in [0.25, 0.3) is 0 Å². The lowest BCUT2D eigenvalue weighted by Gasteiger charge is -2.21. The summed E-state index contributed by atoms with van der Waals surface area (Å²) in [5.41, 5.74) is 2.35. The number of halogens is 1. The third-order valence-corrected chi connectivity index (χ3v) is 2.69. The molecule has 0 aliphatic rings. The van der Waals surface area contributed by atoms with Crippen LogP contribution in [0, 0.1) is 6.92 Å². The molecule has 0 bridgehead atoms. The van der Waals surface area contributed by atoms with Crippen LogP contribution in [0.4, 0.5) is 5.69 Å². The molecule has 0 saturated heterocycles. The third-order valence-electron chi connectivity index (χ3n) is 2.28. The first kappa shape index (κ1) is 10.4. The summed E-state index contributed by atoms with van der Waals surface area (Å²) < 4.78 is 0. The van der Waals surface area contributed by atoms with Crippen LogP contribution in [0.15, 0.2) is 18.2 Å². The number of benzene rings is 1. The highest BCUT2D eigenvalue weighted by molar-refractivity contribution is 6.31. The molecule has 0 amide bonds. The summed E-state index contributed by atoms with van der Waals surface area (Å²) in [5, 5.41) is 0.851. The van der Waals surface area contributed by atoms with Gasteiger partial charge in [-0.2, -0.15) is 0 Å². The molecule has 1 rings (SSSR count). The van der Waals surface area contributed by atoms with E-state index in [1.54, 1.807) is 0 Å². The molecule has 0 aromatic heterocycles. The van der Waals surface area contributed by atoms with E-state index in [4.69, 9.17) is 11.6 Å². The lowest BCUT2D eigenvalue weighted by atomic mass is 10.2. The normalized spacial score (nSPS) is 10.2. The van der Waals surface area contributed by atoms with Gasteiger partial charge >= 0.3 is 0 Å². The summed E-state index contributed by atoms with van der Waals surface area (Å²) in [7, 11) is 0. The first-order valence-corrected chi connectivity index (χ1v) is 5.08. The molecule has 1 aromatic rings. The Bertz CT molecular complexity index is 279. The second kappa shape index (κ2) is 4.52. The standard InChI is InChI=1S/C11H16ClN/c1-4-13(5-2)10-7-6-9(3)11(12)8-10/h6-8H,4-5H2,1-3H3. The summed E-state index contributed by atoms with van der Waals surface area (Å²) in [6, 6.07) is 6.22. The summed E-state index contributed by atoms with van der Waals surface area (Å²) in [6.45, 7) is 8.37. The van der Waals surface area contributed by atoms with Gasteiger partial charge in [0.1, 0.15) is 0 Å². The van der Waals surface area contributed by atoms with E-state index in [0.29, 0.717) is 0 Å². The van der Waals surface area contributed by atoms with Crippen molar-refractivity contribution in [2.24, 2.45) is 0 Å². The highest BCUT2D eigenvalue weighted by atomic mass is 35.5. The molecule has 0 spiro atoms. The van der Waals surface area contributed by atoms with E-state index in [1.165, 1.54) is 5.69 Å². The summed E-state index contributed by atoms with van der Waals surface area (Å²) >= 11 is 6.05. The molecule has 0 saturated carbocycles. The molecule has 0 heterocycles. The Hall–Kier alpha value is -0.690. The molecule has 1 nitrogen and oxygen atoms in total. The van der Waals surface area contributed by atoms with Crippen molar-refractivity contribution in [3.05, 3.63) is 28.8 Å². The first-order valence-electron chi connectivity index (χ1n) is 4.70. The molecule has 0 unspecified atom stereocenters. The maximum atomic E-state index is 6.05. The topological polar surface area (TPSA) is 3.24 Å². The fourth-order valence-electron chi connectivity index (χ4n) is 1.37. The van der Waals surface area contributed by atoms with Gasteiger partial charge in [-0.25, -0.2) is 0 Å². The fraction of sp³-hybridized carbons (Fsp3) is 0.455. The zero-order valence-electron chi connectivity index (χ0n) is 8.47. The number of hydrogen-bond acceptors (Lipinski definition) is 1. The number of anilines is 1. The molecule has 0 aliphatic carbocycles. The lowest BCUT2D eigenvalue weighted by molar-refractivity contribution is 0.866. The van der Waals surface area contributed by atoms with Crippen LogP contribution in [0.1, 0.15) is 19.4 Å². The highest BCUT2D eigenvalue weighted by Gasteiger charge is 2.02. The van der Waals surface area contributed by atoms with Gasteiger partial charge in [0.15, 0.2) is 0 Å². The quantitative estimate of drug-likeness (QED) is 0.717. The minimum Gasteiger partial charge on any atom is -0.372 e. The van der Waals surface area contributed by atoms with Gasteiger partial charge in [-0.1, -0.05) is 17.7 Å². The van der Waals surface area contributed by atoms with Gasteiger partial charge in [0.2, 0.25) is 0 Å². The van der Waals surface area contributed by atoms with Crippen LogP contribution in [0.3, 0.4) is 0 Å². The van der Waals surface area contributed by atoms with Gasteiger partial charge in [-0.15, -0.1) is 0 Å². The van der Waals surface area contributed by atoms with E-state index in [1.807, 2.05) is 13.0 Å². The average molecular weight is 198 g/mol. The minimum absolute atomic E-state index is 0.851. The molecule has 0 radical (unpaired) electrons. The van der Waals surface area contributed by atoms with Crippen molar-refractivity contribution in [2.75, 3.05) is 18.0 Å². The molecule has 0 fully saturated rings. The van der Waals surface area contributed by atoms with E-state index >= 15 is 0 Å². The highest BCUT2D eigenvalue weighted by Crippen LogP contribution is 2.22. The maximum Gasteiger partial charge on any atom is 0.0455 e. The predicted molar refractivity (Wildman–Crippen MR) is 59.8 cm³/mol. The van der Waals surface area contributed by atoms with Crippen LogP contribution < -0.4 is 4.90 Å². The molecule has 2 heteroatoms. The molecule has 13 heavy (non-hydrogen) atoms. The summed E-state index contributed by atoms with van der Waals surface area (Å²) in [6.07, 6.45) is 0. The number of rotatable bonds is 3. The Labute approximate surface area is 85.3 Å². The summed E-state index contributed by atoms with van der Waals surface area (Å²) in [4.78, 5) is 2.28. The number of aryl methyl sites for hydroxylation is 1. The van der Waals surface area contributed by atoms with Crippen LogP contribution in [0.25, 0.3) is 0 Å². The van der Waals surface area contributed by atoms with Crippen molar-refractivity contribution in [3.63, 3.8) is 0 Å². The average Bonchev–Trinajstić information content (AvgIpc) is 2.13. The predicted octanol–water partition coefficient (Wildman–Crippen LogP) is 3.49. The van der Waals surface area contributed by atoms with Gasteiger partial charge in [-0.05, 0) is 38.5 Å². The monoisotopic (exact) mass is 197 g/mol. The molecule has 72 valence electrons. The zero-order chi connectivity index (χ0) is 9.84. The van der Waals surface area contributed by atoms with E-state index in [2.05, 4.69) is 30.9 Å². The Balaban J connectivity index is 2.95. The molecule has 1 aromatic carbocycles. The lowest BCUT2D eigenvalue weighted by Crippen LogP contribution is -2.21. The van der Waals surface area contributed by atoms with Crippen LogP contribution in [-0.2, 0) is 0 Å². The second-order valence-electron chi connectivity index (χ2n) is 3.11. The third kappa shape index (κ3) is 2.38. The van der Waals surface area contributed by atoms with E-state index in [9.17, 15) is 0 Å². The first-order chi connectivity index (χ1) is 6.19. The summed E-state index contributed by atoms with van der Waals surface area (Å²) in [5.74, 6) is 0. The molecule has 0 N–H and O–H groups in total. The Morgan fingerprint density at radius 2 is 1.85 bits per heavy atom. The fourth-order valence-corrected chi connectivity index (χ4v) is 1.54. The van der Waals surface area contributed by atoms with Gasteiger partial charge in [0, 0.05) is 23.8 Å². The number of hydrogen-bond donors (Lipinski definition) is 0. The maximum absolute atomic E-state index is 6.05. The van der Waals surface area contributed by atoms with Gasteiger partial charge in [0.05, 0.1) is 0 Å². The smallest absolute Gasteiger partial charge is 0.0455 e. The van der Waals surface area contributed by atoms with Crippen LogP contribution in [0.5, 0.6) is 0 Å². The van der Waals surface area contributed by atoms with E-state index < -0.39 is 0 Å². The van der Waals surface area contributed by atoms with Crippen LogP contribution in [0.2, 0.25) is 5.02 Å². The largest absolute Gasteiger partial charge is 0.372 e. The Morgan fingerprint density at radius 3 is 2.31 bits per heavy atom. The Morgan fingerprint density at radius 1 is 1.23 bits per heavy atom. The van der Waals surface area contributed by atoms with Crippen molar-refractivity contribution < 1.29 is 0 Å². The SMILES string of the molecule is CCN(CC)c1ccc(C)c(Cl)c1. The molecular weight excluding hydrogens is 182 g/mol. The number of nitrogens with zero attached hydrogens (tertiary/aromatic N) is 1. The Kier molecular flexibility index (Phi) is 3.61. The van der Waals surface area contributed by atoms with Crippen LogP contribution >= 0.6 is 11.6 Å². The molecular formula is C11H16ClN. The van der Waals surface area contributed by atoms with E-state index in [-0.39, 0.29) is 0 Å². The zero-order valence-corrected chi connectivity index (χ0v) is 9.23. The van der Waals surface area contributed by atoms with Gasteiger partial charge in [-0.3, -0.25) is 0 Å². The van der Waals surface area contributed by atoms with Crippen molar-refractivity contribution in [1.82, 2.24) is 0 Å². The van der Waals surface area contributed by atoms with Crippen molar-refractivity contribution in [2.45, 2.75) is 20.8 Å².